The van der Waals surface area contributed by atoms with E-state index in [0.29, 0.717) is 17.7 Å². The minimum absolute atomic E-state index is 0.173. The number of nitrogens with one attached hydrogen (secondary N) is 1. The molecular formula is C20H33N3O2. The molecule has 0 aromatic heterocycles. The van der Waals surface area contributed by atoms with Gasteiger partial charge in [0.2, 0.25) is 0 Å². The second-order valence-electron chi connectivity index (χ2n) is 6.63. The summed E-state index contributed by atoms with van der Waals surface area (Å²) in [6.07, 6.45) is 11.9. The number of benzene rings is 1. The van der Waals surface area contributed by atoms with E-state index in [1.807, 2.05) is 19.1 Å². The van der Waals surface area contributed by atoms with Crippen LogP contribution in [0.3, 0.4) is 0 Å². The van der Waals surface area contributed by atoms with Crippen molar-refractivity contribution in [3.05, 3.63) is 29.3 Å². The zero-order valence-corrected chi connectivity index (χ0v) is 15.7. The standard InChI is InChI=1S/C20H33N3O2/c1-3-4-5-6-7-8-9-10-11-12-18(22-23-20(21)25)17-15-16(2)13-14-19(17)24/h13-15,24H,3-12H2,1-2H3,(H3,21,23,25). The molecule has 25 heavy (non-hydrogen) atoms. The Morgan fingerprint density at radius 3 is 2.28 bits per heavy atom. The second kappa shape index (κ2) is 12.3. The molecule has 0 unspecified atom stereocenters. The fourth-order valence-electron chi connectivity index (χ4n) is 2.86. The van der Waals surface area contributed by atoms with Crippen LogP contribution in [0.5, 0.6) is 5.75 Å². The van der Waals surface area contributed by atoms with Crippen LogP contribution in [0.15, 0.2) is 23.3 Å². The largest absolute Gasteiger partial charge is 0.507 e. The summed E-state index contributed by atoms with van der Waals surface area (Å²) < 4.78 is 0. The number of amides is 2. The lowest BCUT2D eigenvalue weighted by Crippen LogP contribution is -2.26. The van der Waals surface area contributed by atoms with Gasteiger partial charge < -0.3 is 10.8 Å². The zero-order chi connectivity index (χ0) is 18.5. The van der Waals surface area contributed by atoms with Crippen LogP contribution < -0.4 is 11.2 Å². The van der Waals surface area contributed by atoms with Crippen LogP contribution in [-0.4, -0.2) is 16.8 Å². The molecule has 1 aromatic rings. The van der Waals surface area contributed by atoms with E-state index in [4.69, 9.17) is 5.73 Å². The monoisotopic (exact) mass is 347 g/mol. The number of phenols is 1. The number of urea groups is 1. The summed E-state index contributed by atoms with van der Waals surface area (Å²) in [5, 5.41) is 14.2. The van der Waals surface area contributed by atoms with Gasteiger partial charge in [-0.2, -0.15) is 5.10 Å². The smallest absolute Gasteiger partial charge is 0.332 e. The van der Waals surface area contributed by atoms with Crippen LogP contribution in [0.4, 0.5) is 4.79 Å². The number of unbranched alkanes of at least 4 members (excludes halogenated alkanes) is 8. The van der Waals surface area contributed by atoms with Gasteiger partial charge in [0.15, 0.2) is 0 Å². The maximum atomic E-state index is 11.0. The van der Waals surface area contributed by atoms with Gasteiger partial charge in [0.1, 0.15) is 5.75 Å². The molecule has 1 rings (SSSR count). The Morgan fingerprint density at radius 1 is 1.08 bits per heavy atom. The Labute approximate surface area is 151 Å². The third-order valence-corrected chi connectivity index (χ3v) is 4.28. The molecule has 0 saturated carbocycles. The zero-order valence-electron chi connectivity index (χ0n) is 15.7. The Kier molecular flexibility index (Phi) is 10.4. The van der Waals surface area contributed by atoms with Crippen molar-refractivity contribution in [2.24, 2.45) is 10.8 Å². The van der Waals surface area contributed by atoms with Crippen molar-refractivity contribution in [3.63, 3.8) is 0 Å². The topological polar surface area (TPSA) is 87.7 Å². The van der Waals surface area contributed by atoms with Crippen LogP contribution in [0.25, 0.3) is 0 Å². The van der Waals surface area contributed by atoms with E-state index in [0.717, 1.165) is 18.4 Å². The average Bonchev–Trinajstić information content (AvgIpc) is 2.58. The molecule has 2 amide bonds. The molecule has 0 radical (unpaired) electrons. The van der Waals surface area contributed by atoms with Gasteiger partial charge in [0.05, 0.1) is 5.71 Å². The third kappa shape index (κ3) is 9.13. The predicted molar refractivity (Wildman–Crippen MR) is 104 cm³/mol. The molecule has 0 spiro atoms. The van der Waals surface area contributed by atoms with E-state index in [-0.39, 0.29) is 5.75 Å². The van der Waals surface area contributed by atoms with E-state index in [2.05, 4.69) is 17.5 Å². The number of nitrogens with zero attached hydrogens (tertiary/aromatic N) is 1. The number of hydrazone groups is 1. The van der Waals surface area contributed by atoms with Gasteiger partial charge in [0.25, 0.3) is 0 Å². The van der Waals surface area contributed by atoms with Crippen molar-refractivity contribution >= 4 is 11.7 Å². The number of aromatic hydroxyl groups is 1. The van der Waals surface area contributed by atoms with Crippen LogP contribution in [0.1, 0.15) is 82.3 Å². The summed E-state index contributed by atoms with van der Waals surface area (Å²) in [5.74, 6) is 0.173. The molecule has 140 valence electrons. The molecule has 0 saturated heterocycles. The van der Waals surface area contributed by atoms with E-state index in [1.165, 1.54) is 44.9 Å². The molecule has 0 aliphatic heterocycles. The number of primary amides is 1. The van der Waals surface area contributed by atoms with E-state index >= 15 is 0 Å². The first kappa shape index (κ1) is 21.0. The number of aryl methyl sites for hydroxylation is 1. The minimum atomic E-state index is -0.697. The van der Waals surface area contributed by atoms with E-state index in [9.17, 15) is 9.90 Å². The Morgan fingerprint density at radius 2 is 1.68 bits per heavy atom. The summed E-state index contributed by atoms with van der Waals surface area (Å²) in [6.45, 7) is 4.19. The first-order valence-corrected chi connectivity index (χ1v) is 9.46. The van der Waals surface area contributed by atoms with E-state index < -0.39 is 6.03 Å². The maximum Gasteiger partial charge on any atom is 0.332 e. The fourth-order valence-corrected chi connectivity index (χ4v) is 2.86. The molecule has 0 atom stereocenters. The van der Waals surface area contributed by atoms with Crippen molar-refractivity contribution in [1.29, 1.82) is 0 Å². The minimum Gasteiger partial charge on any atom is -0.507 e. The molecule has 4 N–H and O–H groups in total. The summed E-state index contributed by atoms with van der Waals surface area (Å²) in [6, 6.07) is 4.68. The van der Waals surface area contributed by atoms with Crippen LogP contribution in [0.2, 0.25) is 0 Å². The lowest BCUT2D eigenvalue weighted by atomic mass is 10.00. The maximum absolute atomic E-state index is 11.0. The van der Waals surface area contributed by atoms with Crippen molar-refractivity contribution in [2.45, 2.75) is 78.1 Å². The SMILES string of the molecule is CCCCCCCCCCCC(=NNC(N)=O)c1cc(C)ccc1O. The van der Waals surface area contributed by atoms with Crippen molar-refractivity contribution in [1.82, 2.24) is 5.43 Å². The highest BCUT2D eigenvalue weighted by atomic mass is 16.3. The number of carbonyl (C=O) groups excluding carboxylic acids is 1. The van der Waals surface area contributed by atoms with Gasteiger partial charge in [-0.1, -0.05) is 69.9 Å². The Hall–Kier alpha value is -2.04. The molecule has 5 heteroatoms. The first-order chi connectivity index (χ1) is 12.0. The van der Waals surface area contributed by atoms with Crippen LogP contribution in [0, 0.1) is 6.92 Å². The molecule has 1 aromatic carbocycles. The Balaban J connectivity index is 2.46. The van der Waals surface area contributed by atoms with Gasteiger partial charge in [0, 0.05) is 5.56 Å². The number of hydrogen-bond donors (Lipinski definition) is 3. The van der Waals surface area contributed by atoms with E-state index in [1.54, 1.807) is 6.07 Å². The van der Waals surface area contributed by atoms with Gasteiger partial charge in [-0.3, -0.25) is 0 Å². The first-order valence-electron chi connectivity index (χ1n) is 9.46. The number of carbonyl (C=O) groups is 1. The molecule has 5 nitrogen and oxygen atoms in total. The highest BCUT2D eigenvalue weighted by molar-refractivity contribution is 6.03. The van der Waals surface area contributed by atoms with Crippen molar-refractivity contribution in [2.75, 3.05) is 0 Å². The second-order valence-corrected chi connectivity index (χ2v) is 6.63. The molecule has 0 aliphatic carbocycles. The van der Waals surface area contributed by atoms with Crippen LogP contribution in [-0.2, 0) is 0 Å². The van der Waals surface area contributed by atoms with Crippen molar-refractivity contribution in [3.8, 4) is 5.75 Å². The Bertz CT molecular complexity index is 556. The highest BCUT2D eigenvalue weighted by Gasteiger charge is 2.10. The van der Waals surface area contributed by atoms with Gasteiger partial charge in [-0.15, -0.1) is 0 Å². The molecule has 0 heterocycles. The van der Waals surface area contributed by atoms with Crippen LogP contribution >= 0.6 is 0 Å². The predicted octanol–water partition coefficient (Wildman–Crippen LogP) is 4.99. The number of hydrogen-bond acceptors (Lipinski definition) is 3. The normalized spacial score (nSPS) is 11.5. The molecule has 0 bridgehead atoms. The van der Waals surface area contributed by atoms with Gasteiger partial charge in [-0.05, 0) is 31.9 Å². The highest BCUT2D eigenvalue weighted by Crippen LogP contribution is 2.22. The summed E-state index contributed by atoms with van der Waals surface area (Å²) in [7, 11) is 0. The number of nitrogens with two attached hydrogens (primary N) is 1. The number of rotatable bonds is 12. The van der Waals surface area contributed by atoms with Gasteiger partial charge >= 0.3 is 6.03 Å². The molecule has 0 aliphatic rings. The van der Waals surface area contributed by atoms with Gasteiger partial charge in [-0.25, -0.2) is 10.2 Å². The molecular weight excluding hydrogens is 314 g/mol. The summed E-state index contributed by atoms with van der Waals surface area (Å²) >= 11 is 0. The lowest BCUT2D eigenvalue weighted by molar-refractivity contribution is 0.249. The fraction of sp³-hybridized carbons (Fsp3) is 0.600. The molecule has 0 fully saturated rings. The third-order valence-electron chi connectivity index (χ3n) is 4.28. The average molecular weight is 348 g/mol. The lowest BCUT2D eigenvalue weighted by Gasteiger charge is -2.10. The van der Waals surface area contributed by atoms with Crippen molar-refractivity contribution < 1.29 is 9.90 Å². The summed E-state index contributed by atoms with van der Waals surface area (Å²) in [5.41, 5.74) is 9.76. The summed E-state index contributed by atoms with van der Waals surface area (Å²) in [4.78, 5) is 11.0. The quantitative estimate of drug-likeness (QED) is 0.282. The number of phenolic OH excluding ortho intramolecular Hbond substituents is 1.